The van der Waals surface area contributed by atoms with Crippen LogP contribution < -0.4 is 5.32 Å². The monoisotopic (exact) mass is 306 g/mol. The maximum atomic E-state index is 12.4. The summed E-state index contributed by atoms with van der Waals surface area (Å²) >= 11 is 0. The number of nitrogens with one attached hydrogen (secondary N) is 1. The van der Waals surface area contributed by atoms with Gasteiger partial charge in [0.15, 0.2) is 5.69 Å². The maximum Gasteiger partial charge on any atom is 0.274 e. The molecule has 1 amide bonds. The number of rotatable bonds is 8. The van der Waals surface area contributed by atoms with Gasteiger partial charge in [-0.05, 0) is 37.8 Å². The minimum atomic E-state index is -0.0399. The Bertz CT molecular complexity index is 452. The van der Waals surface area contributed by atoms with Crippen LogP contribution in [0.2, 0.25) is 0 Å². The SMILES string of the molecule is CCCN(CCC)C(=O)c1ccc(NCC2CCCO2)nn1. The first-order valence-corrected chi connectivity index (χ1v) is 8.23. The molecule has 1 aliphatic heterocycles. The molecule has 0 spiro atoms. The van der Waals surface area contributed by atoms with Crippen molar-refractivity contribution in [2.45, 2.75) is 45.6 Å². The molecule has 0 aliphatic carbocycles. The van der Waals surface area contributed by atoms with E-state index in [4.69, 9.17) is 4.74 Å². The molecule has 0 aromatic carbocycles. The number of hydrogen-bond acceptors (Lipinski definition) is 5. The summed E-state index contributed by atoms with van der Waals surface area (Å²) in [5, 5.41) is 11.4. The van der Waals surface area contributed by atoms with E-state index < -0.39 is 0 Å². The lowest BCUT2D eigenvalue weighted by molar-refractivity contribution is 0.0748. The van der Waals surface area contributed by atoms with Crippen LogP contribution in [0.1, 0.15) is 50.0 Å². The molecular weight excluding hydrogens is 280 g/mol. The highest BCUT2D eigenvalue weighted by Gasteiger charge is 2.17. The predicted molar refractivity (Wildman–Crippen MR) is 86.0 cm³/mol. The fourth-order valence-electron chi connectivity index (χ4n) is 2.58. The third-order valence-electron chi connectivity index (χ3n) is 3.69. The highest BCUT2D eigenvalue weighted by Crippen LogP contribution is 2.13. The van der Waals surface area contributed by atoms with Crippen LogP contribution in [0.15, 0.2) is 12.1 Å². The molecule has 2 heterocycles. The Morgan fingerprint density at radius 2 is 2.09 bits per heavy atom. The molecule has 0 saturated carbocycles. The van der Waals surface area contributed by atoms with Crippen LogP contribution in [0, 0.1) is 0 Å². The van der Waals surface area contributed by atoms with Crippen molar-refractivity contribution in [1.82, 2.24) is 15.1 Å². The van der Waals surface area contributed by atoms with Gasteiger partial charge in [-0.2, -0.15) is 0 Å². The van der Waals surface area contributed by atoms with Crippen LogP contribution >= 0.6 is 0 Å². The highest BCUT2D eigenvalue weighted by atomic mass is 16.5. The lowest BCUT2D eigenvalue weighted by Crippen LogP contribution is -2.33. The molecule has 1 aromatic rings. The fraction of sp³-hybridized carbons (Fsp3) is 0.688. The van der Waals surface area contributed by atoms with Gasteiger partial charge in [0, 0.05) is 26.2 Å². The summed E-state index contributed by atoms with van der Waals surface area (Å²) in [6.45, 7) is 7.23. The zero-order chi connectivity index (χ0) is 15.8. The molecule has 1 unspecified atom stereocenters. The summed E-state index contributed by atoms with van der Waals surface area (Å²) in [4.78, 5) is 14.2. The van der Waals surface area contributed by atoms with Crippen molar-refractivity contribution >= 4 is 11.7 Å². The second kappa shape index (κ2) is 8.68. The van der Waals surface area contributed by atoms with E-state index in [0.717, 1.165) is 51.9 Å². The van der Waals surface area contributed by atoms with Crippen molar-refractivity contribution in [2.75, 3.05) is 31.6 Å². The van der Waals surface area contributed by atoms with Gasteiger partial charge in [-0.3, -0.25) is 4.79 Å². The average molecular weight is 306 g/mol. The second-order valence-corrected chi connectivity index (χ2v) is 5.61. The summed E-state index contributed by atoms with van der Waals surface area (Å²) < 4.78 is 5.55. The Labute approximate surface area is 132 Å². The molecule has 2 rings (SSSR count). The van der Waals surface area contributed by atoms with Gasteiger partial charge in [-0.25, -0.2) is 0 Å². The number of hydrogen-bond donors (Lipinski definition) is 1. The summed E-state index contributed by atoms with van der Waals surface area (Å²) in [5.41, 5.74) is 0.407. The normalized spacial score (nSPS) is 17.5. The minimum Gasteiger partial charge on any atom is -0.376 e. The van der Waals surface area contributed by atoms with Crippen molar-refractivity contribution in [2.24, 2.45) is 0 Å². The summed E-state index contributed by atoms with van der Waals surface area (Å²) in [6.07, 6.45) is 4.35. The van der Waals surface area contributed by atoms with E-state index in [1.807, 2.05) is 11.0 Å². The Kier molecular flexibility index (Phi) is 6.58. The number of carbonyl (C=O) groups is 1. The van der Waals surface area contributed by atoms with E-state index in [0.29, 0.717) is 11.5 Å². The van der Waals surface area contributed by atoms with Crippen molar-refractivity contribution < 1.29 is 9.53 Å². The smallest absolute Gasteiger partial charge is 0.274 e. The molecule has 1 aromatic heterocycles. The standard InChI is InChI=1S/C16H26N4O2/c1-3-9-20(10-4-2)16(21)14-7-8-15(19-18-14)17-12-13-6-5-11-22-13/h7-8,13H,3-6,9-12H2,1-2H3,(H,17,19). The van der Waals surface area contributed by atoms with Gasteiger partial charge >= 0.3 is 0 Å². The van der Waals surface area contributed by atoms with E-state index in [2.05, 4.69) is 29.4 Å². The summed E-state index contributed by atoms with van der Waals surface area (Å²) in [6, 6.07) is 3.55. The molecule has 6 heteroatoms. The van der Waals surface area contributed by atoms with Crippen molar-refractivity contribution in [3.63, 3.8) is 0 Å². The van der Waals surface area contributed by atoms with Crippen LogP contribution in [0.3, 0.4) is 0 Å². The Morgan fingerprint density at radius 1 is 1.32 bits per heavy atom. The van der Waals surface area contributed by atoms with Crippen LogP contribution in [0.4, 0.5) is 5.82 Å². The van der Waals surface area contributed by atoms with Crippen molar-refractivity contribution in [1.29, 1.82) is 0 Å². The number of carbonyl (C=O) groups excluding carboxylic acids is 1. The maximum absolute atomic E-state index is 12.4. The number of anilines is 1. The molecule has 0 bridgehead atoms. The van der Waals surface area contributed by atoms with E-state index >= 15 is 0 Å². The Morgan fingerprint density at radius 3 is 2.64 bits per heavy atom. The fourth-order valence-corrected chi connectivity index (χ4v) is 2.58. The quantitative estimate of drug-likeness (QED) is 0.798. The molecule has 122 valence electrons. The van der Waals surface area contributed by atoms with Crippen LogP contribution in [-0.2, 0) is 4.74 Å². The molecule has 22 heavy (non-hydrogen) atoms. The van der Waals surface area contributed by atoms with E-state index in [9.17, 15) is 4.79 Å². The van der Waals surface area contributed by atoms with Gasteiger partial charge in [0.25, 0.3) is 5.91 Å². The number of amides is 1. The lowest BCUT2D eigenvalue weighted by Gasteiger charge is -2.20. The van der Waals surface area contributed by atoms with E-state index in [1.165, 1.54) is 0 Å². The molecule has 1 aliphatic rings. The second-order valence-electron chi connectivity index (χ2n) is 5.61. The largest absolute Gasteiger partial charge is 0.376 e. The third-order valence-corrected chi connectivity index (χ3v) is 3.69. The number of ether oxygens (including phenoxy) is 1. The van der Waals surface area contributed by atoms with Gasteiger partial charge in [0.05, 0.1) is 6.10 Å². The Hall–Kier alpha value is -1.69. The predicted octanol–water partition coefficient (Wildman–Crippen LogP) is 2.33. The van der Waals surface area contributed by atoms with Gasteiger partial charge in [0.1, 0.15) is 5.82 Å². The van der Waals surface area contributed by atoms with Crippen LogP contribution in [-0.4, -0.2) is 53.3 Å². The number of aromatic nitrogens is 2. The number of nitrogens with zero attached hydrogens (tertiary/aromatic N) is 3. The molecule has 0 radical (unpaired) electrons. The first kappa shape index (κ1) is 16.7. The molecule has 6 nitrogen and oxygen atoms in total. The van der Waals surface area contributed by atoms with E-state index in [-0.39, 0.29) is 12.0 Å². The minimum absolute atomic E-state index is 0.0399. The topological polar surface area (TPSA) is 67.4 Å². The van der Waals surface area contributed by atoms with Crippen LogP contribution in [0.25, 0.3) is 0 Å². The zero-order valence-corrected chi connectivity index (χ0v) is 13.5. The molecule has 1 atom stereocenters. The first-order chi connectivity index (χ1) is 10.7. The van der Waals surface area contributed by atoms with Gasteiger partial charge < -0.3 is 15.0 Å². The summed E-state index contributed by atoms with van der Waals surface area (Å²) in [7, 11) is 0. The highest BCUT2D eigenvalue weighted by molar-refractivity contribution is 5.92. The molecule has 1 N–H and O–H groups in total. The third kappa shape index (κ3) is 4.66. The first-order valence-electron chi connectivity index (χ1n) is 8.23. The molecular formula is C16H26N4O2. The van der Waals surface area contributed by atoms with Crippen molar-refractivity contribution in [3.05, 3.63) is 17.8 Å². The average Bonchev–Trinajstić information content (AvgIpc) is 3.06. The lowest BCUT2D eigenvalue weighted by atomic mass is 10.2. The zero-order valence-electron chi connectivity index (χ0n) is 13.5. The molecule has 1 saturated heterocycles. The van der Waals surface area contributed by atoms with Gasteiger partial charge in [-0.1, -0.05) is 13.8 Å². The van der Waals surface area contributed by atoms with E-state index in [1.54, 1.807) is 6.07 Å². The van der Waals surface area contributed by atoms with Crippen molar-refractivity contribution in [3.8, 4) is 0 Å². The van der Waals surface area contributed by atoms with Crippen LogP contribution in [0.5, 0.6) is 0 Å². The summed E-state index contributed by atoms with van der Waals surface area (Å²) in [5.74, 6) is 0.645. The van der Waals surface area contributed by atoms with Gasteiger partial charge in [0.2, 0.25) is 0 Å². The molecule has 1 fully saturated rings. The van der Waals surface area contributed by atoms with Gasteiger partial charge in [-0.15, -0.1) is 10.2 Å². The Balaban J connectivity index is 1.90.